The first-order valence-corrected chi connectivity index (χ1v) is 9.45. The van der Waals surface area contributed by atoms with E-state index >= 15 is 0 Å². The molecule has 1 aromatic carbocycles. The van der Waals surface area contributed by atoms with Gasteiger partial charge in [0.05, 0.1) is 19.3 Å². The molecule has 0 saturated heterocycles. The van der Waals surface area contributed by atoms with E-state index in [0.29, 0.717) is 19.0 Å². The summed E-state index contributed by atoms with van der Waals surface area (Å²) < 4.78 is 1.69. The number of aromatic nitrogens is 2. The summed E-state index contributed by atoms with van der Waals surface area (Å²) >= 11 is 0. The van der Waals surface area contributed by atoms with Crippen LogP contribution < -0.4 is 10.6 Å². The van der Waals surface area contributed by atoms with E-state index in [9.17, 15) is 5.11 Å². The largest absolute Gasteiger partial charge is 0.383 e. The molecule has 2 rings (SSSR count). The summed E-state index contributed by atoms with van der Waals surface area (Å²) in [4.78, 5) is 4.77. The molecule has 1 atom stereocenters. The lowest BCUT2D eigenvalue weighted by Gasteiger charge is -2.27. The van der Waals surface area contributed by atoms with Crippen LogP contribution in [0.2, 0.25) is 0 Å². The number of hydrogen-bond donors (Lipinski definition) is 3. The predicted octanol–water partition coefficient (Wildman–Crippen LogP) is 3.09. The van der Waals surface area contributed by atoms with E-state index < -0.39 is 5.60 Å². The van der Waals surface area contributed by atoms with Gasteiger partial charge in [-0.05, 0) is 31.9 Å². The van der Waals surface area contributed by atoms with Crippen molar-refractivity contribution < 1.29 is 5.11 Å². The van der Waals surface area contributed by atoms with E-state index in [1.54, 1.807) is 17.8 Å². The van der Waals surface area contributed by atoms with Crippen molar-refractivity contribution in [3.05, 3.63) is 53.3 Å². The first kappa shape index (κ1) is 24.4. The Morgan fingerprint density at radius 3 is 2.46 bits per heavy atom. The van der Waals surface area contributed by atoms with Crippen LogP contribution in [-0.2, 0) is 18.1 Å². The number of hydrogen-bond acceptors (Lipinski definition) is 3. The minimum atomic E-state index is -1.03. The van der Waals surface area contributed by atoms with Gasteiger partial charge in [-0.2, -0.15) is 5.10 Å². The van der Waals surface area contributed by atoms with Gasteiger partial charge < -0.3 is 15.7 Å². The number of aliphatic imine (C=N–C) groups is 1. The summed E-state index contributed by atoms with van der Waals surface area (Å²) in [6, 6.07) is 8.43. The van der Waals surface area contributed by atoms with E-state index in [-0.39, 0.29) is 29.4 Å². The quantitative estimate of drug-likeness (QED) is 0.311. The van der Waals surface area contributed by atoms with Crippen LogP contribution in [0.25, 0.3) is 0 Å². The molecule has 0 fully saturated rings. The third kappa shape index (κ3) is 6.48. The number of halogens is 1. The van der Waals surface area contributed by atoms with Crippen LogP contribution in [0.15, 0.2) is 41.7 Å². The predicted molar refractivity (Wildman–Crippen MR) is 126 cm³/mol. The molecule has 0 bridgehead atoms. The maximum atomic E-state index is 10.8. The van der Waals surface area contributed by atoms with Gasteiger partial charge in [0.15, 0.2) is 5.96 Å². The van der Waals surface area contributed by atoms with Crippen LogP contribution in [0.3, 0.4) is 0 Å². The lowest BCUT2D eigenvalue weighted by molar-refractivity contribution is 0.0616. The summed E-state index contributed by atoms with van der Waals surface area (Å²) in [6.07, 6.45) is 3.51. The van der Waals surface area contributed by atoms with Gasteiger partial charge in [-0.1, -0.05) is 38.1 Å². The van der Waals surface area contributed by atoms with Crippen LogP contribution in [-0.4, -0.2) is 40.5 Å². The topological polar surface area (TPSA) is 74.5 Å². The Morgan fingerprint density at radius 2 is 1.89 bits per heavy atom. The van der Waals surface area contributed by atoms with Gasteiger partial charge in [0.2, 0.25) is 0 Å². The normalized spacial score (nSPS) is 14.2. The van der Waals surface area contributed by atoms with E-state index in [0.717, 1.165) is 12.1 Å². The van der Waals surface area contributed by atoms with E-state index in [4.69, 9.17) is 4.99 Å². The summed E-state index contributed by atoms with van der Waals surface area (Å²) in [5.74, 6) is 0.698. The first-order chi connectivity index (χ1) is 12.7. The van der Waals surface area contributed by atoms with Gasteiger partial charge in [0.25, 0.3) is 0 Å². The van der Waals surface area contributed by atoms with Crippen molar-refractivity contribution in [3.8, 4) is 0 Å². The molecule has 0 spiro atoms. The van der Waals surface area contributed by atoms with Gasteiger partial charge in [0.1, 0.15) is 5.60 Å². The number of benzene rings is 1. The fourth-order valence-electron chi connectivity index (χ4n) is 3.09. The Balaban J connectivity index is 0.00000392. The second-order valence-electron chi connectivity index (χ2n) is 7.92. The van der Waals surface area contributed by atoms with Crippen molar-refractivity contribution in [2.24, 2.45) is 12.0 Å². The molecule has 0 radical (unpaired) electrons. The number of guanidine groups is 1. The molecule has 7 heteroatoms. The monoisotopic (exact) mass is 499 g/mol. The summed E-state index contributed by atoms with van der Waals surface area (Å²) in [5, 5.41) is 21.4. The molecule has 1 unspecified atom stereocenters. The molecule has 3 N–H and O–H groups in total. The summed E-state index contributed by atoms with van der Waals surface area (Å²) in [7, 11) is 1.84. The molecular formula is C21H34IN5O. The van der Waals surface area contributed by atoms with Crippen molar-refractivity contribution in [2.75, 3.05) is 19.6 Å². The second kappa shape index (κ2) is 10.2. The Kier molecular flexibility index (Phi) is 8.94. The second-order valence-corrected chi connectivity index (χ2v) is 7.92. The van der Waals surface area contributed by atoms with E-state index in [1.807, 2.05) is 20.2 Å². The fraction of sp³-hybridized carbons (Fsp3) is 0.524. The van der Waals surface area contributed by atoms with Crippen molar-refractivity contribution in [2.45, 2.75) is 45.6 Å². The van der Waals surface area contributed by atoms with Crippen molar-refractivity contribution in [1.82, 2.24) is 20.4 Å². The molecule has 6 nitrogen and oxygen atoms in total. The van der Waals surface area contributed by atoms with E-state index in [1.165, 1.54) is 11.1 Å². The maximum Gasteiger partial charge on any atom is 0.191 e. The molecule has 1 aromatic heterocycles. The average molecular weight is 499 g/mol. The SMILES string of the molecule is CCNC(=NCC(C)(C)c1ccccc1C)NCC(C)(O)c1cnn(C)c1.I. The van der Waals surface area contributed by atoms with Crippen molar-refractivity contribution in [1.29, 1.82) is 0 Å². The molecule has 0 aliphatic heterocycles. The smallest absolute Gasteiger partial charge is 0.191 e. The minimum Gasteiger partial charge on any atom is -0.383 e. The third-order valence-electron chi connectivity index (χ3n) is 4.78. The van der Waals surface area contributed by atoms with Crippen LogP contribution in [0, 0.1) is 6.92 Å². The Labute approximate surface area is 185 Å². The zero-order valence-corrected chi connectivity index (χ0v) is 20.1. The highest BCUT2D eigenvalue weighted by molar-refractivity contribution is 14.0. The van der Waals surface area contributed by atoms with Crippen LogP contribution in [0.1, 0.15) is 44.4 Å². The molecule has 0 aliphatic carbocycles. The number of nitrogens with zero attached hydrogens (tertiary/aromatic N) is 3. The fourth-order valence-corrected chi connectivity index (χ4v) is 3.09. The van der Waals surface area contributed by atoms with Gasteiger partial charge in [-0.25, -0.2) is 0 Å². The minimum absolute atomic E-state index is 0. The number of aryl methyl sites for hydroxylation is 2. The lowest BCUT2D eigenvalue weighted by Crippen LogP contribution is -2.45. The van der Waals surface area contributed by atoms with Crippen molar-refractivity contribution in [3.63, 3.8) is 0 Å². The van der Waals surface area contributed by atoms with Crippen LogP contribution >= 0.6 is 24.0 Å². The first-order valence-electron chi connectivity index (χ1n) is 9.45. The molecule has 1 heterocycles. The van der Waals surface area contributed by atoms with Gasteiger partial charge in [-0.15, -0.1) is 24.0 Å². The Bertz CT molecular complexity index is 783. The van der Waals surface area contributed by atoms with Crippen molar-refractivity contribution >= 4 is 29.9 Å². The third-order valence-corrected chi connectivity index (χ3v) is 4.78. The lowest BCUT2D eigenvalue weighted by atomic mass is 9.82. The number of nitrogens with one attached hydrogen (secondary N) is 2. The summed E-state index contributed by atoms with van der Waals surface area (Å²) in [5.41, 5.74) is 2.23. The van der Waals surface area contributed by atoms with Gasteiger partial charge in [0, 0.05) is 30.8 Å². The zero-order valence-electron chi connectivity index (χ0n) is 17.8. The van der Waals surface area contributed by atoms with Gasteiger partial charge >= 0.3 is 0 Å². The molecule has 156 valence electrons. The molecule has 2 aromatic rings. The molecule has 0 saturated carbocycles. The highest BCUT2D eigenvalue weighted by Gasteiger charge is 2.26. The van der Waals surface area contributed by atoms with Crippen LogP contribution in [0.4, 0.5) is 0 Å². The molecule has 28 heavy (non-hydrogen) atoms. The molecular weight excluding hydrogens is 465 g/mol. The number of aliphatic hydroxyl groups is 1. The van der Waals surface area contributed by atoms with E-state index in [2.05, 4.69) is 60.8 Å². The highest BCUT2D eigenvalue weighted by atomic mass is 127. The summed E-state index contributed by atoms with van der Waals surface area (Å²) in [6.45, 7) is 12.1. The highest BCUT2D eigenvalue weighted by Crippen LogP contribution is 2.26. The van der Waals surface area contributed by atoms with Gasteiger partial charge in [-0.3, -0.25) is 9.67 Å². The standard InChI is InChI=1S/C21H33N5O.HI/c1-7-22-19(24-15-21(5,27)17-12-25-26(6)13-17)23-14-20(3,4)18-11-9-8-10-16(18)2;/h8-13,27H,7,14-15H2,1-6H3,(H2,22,23,24);1H. The Morgan fingerprint density at radius 1 is 1.21 bits per heavy atom. The maximum absolute atomic E-state index is 10.8. The Hall–Kier alpha value is -1.61. The number of rotatable bonds is 7. The average Bonchev–Trinajstić information content (AvgIpc) is 3.05. The molecule has 0 aliphatic rings. The zero-order chi connectivity index (χ0) is 20.1. The molecule has 0 amide bonds. The van der Waals surface area contributed by atoms with Crippen LogP contribution in [0.5, 0.6) is 0 Å².